The molecule has 0 spiro atoms. The Hall–Kier alpha value is -2.49. The molecule has 30 heavy (non-hydrogen) atoms. The predicted octanol–water partition coefficient (Wildman–Crippen LogP) is 2.91. The van der Waals surface area contributed by atoms with Gasteiger partial charge in [0.05, 0.1) is 10.6 Å². The molecule has 0 bridgehead atoms. The van der Waals surface area contributed by atoms with Gasteiger partial charge in [0.15, 0.2) is 5.58 Å². The van der Waals surface area contributed by atoms with Gasteiger partial charge in [-0.3, -0.25) is 0 Å². The second kappa shape index (κ2) is 8.71. The maximum absolute atomic E-state index is 13.2. The van der Waals surface area contributed by atoms with Gasteiger partial charge in [-0.05, 0) is 68.6 Å². The van der Waals surface area contributed by atoms with E-state index in [0.29, 0.717) is 12.1 Å². The lowest BCUT2D eigenvalue weighted by atomic mass is 10.1. The first-order valence-corrected chi connectivity index (χ1v) is 11.4. The Morgan fingerprint density at radius 3 is 2.97 bits per heavy atom. The minimum Gasteiger partial charge on any atom is -0.508 e. The summed E-state index contributed by atoms with van der Waals surface area (Å²) in [6.07, 6.45) is 2.55. The number of phenols is 1. The summed E-state index contributed by atoms with van der Waals surface area (Å²) in [4.78, 5) is 2.38. The fourth-order valence-corrected chi connectivity index (χ4v) is 5.01. The van der Waals surface area contributed by atoms with Gasteiger partial charge >= 0.3 is 0 Å². The van der Waals surface area contributed by atoms with E-state index in [-0.39, 0.29) is 22.4 Å². The third kappa shape index (κ3) is 4.80. The van der Waals surface area contributed by atoms with Crippen molar-refractivity contribution in [3.05, 3.63) is 54.0 Å². The van der Waals surface area contributed by atoms with Crippen LogP contribution in [0.3, 0.4) is 0 Å². The molecule has 9 heteroatoms. The van der Waals surface area contributed by atoms with Gasteiger partial charge in [0.2, 0.25) is 10.0 Å². The highest BCUT2D eigenvalue weighted by atomic mass is 32.2. The van der Waals surface area contributed by atoms with Gasteiger partial charge in [0.1, 0.15) is 11.6 Å². The number of nitrogens with one attached hydrogen (secondary N) is 1. The Morgan fingerprint density at radius 2 is 2.13 bits per heavy atom. The standard InChI is InChI=1S/C21H24FN3O4S/c22-16-6-7-19-20(24-29-21(19)11-16)5-2-9-25-10-8-15(14-25)13-23-30(27,28)18-4-1-3-17(26)12-18/h1,3-4,6-7,11-12,15,23,26H,2,5,8-10,13-14H2. The summed E-state index contributed by atoms with van der Waals surface area (Å²) in [5.74, 6) is -0.170. The molecule has 0 saturated carbocycles. The van der Waals surface area contributed by atoms with Gasteiger partial charge in [-0.1, -0.05) is 11.2 Å². The van der Waals surface area contributed by atoms with Crippen molar-refractivity contribution in [3.8, 4) is 5.75 Å². The molecule has 2 N–H and O–H groups in total. The van der Waals surface area contributed by atoms with Gasteiger partial charge in [-0.15, -0.1) is 0 Å². The van der Waals surface area contributed by atoms with Crippen molar-refractivity contribution in [2.45, 2.75) is 24.2 Å². The van der Waals surface area contributed by atoms with Crippen molar-refractivity contribution in [2.24, 2.45) is 5.92 Å². The Bertz CT molecular complexity index is 1130. The highest BCUT2D eigenvalue weighted by molar-refractivity contribution is 7.89. The number of sulfonamides is 1. The van der Waals surface area contributed by atoms with E-state index >= 15 is 0 Å². The van der Waals surface area contributed by atoms with Crippen LogP contribution in [0.1, 0.15) is 18.5 Å². The number of benzene rings is 2. The molecule has 0 radical (unpaired) electrons. The maximum atomic E-state index is 13.2. The molecule has 1 aliphatic heterocycles. The third-order valence-electron chi connectivity index (χ3n) is 5.46. The molecule has 160 valence electrons. The monoisotopic (exact) mass is 433 g/mol. The van der Waals surface area contributed by atoms with Gasteiger partial charge < -0.3 is 14.5 Å². The van der Waals surface area contributed by atoms with Gasteiger partial charge in [-0.2, -0.15) is 0 Å². The number of fused-ring (bicyclic) bond motifs is 1. The van der Waals surface area contributed by atoms with Crippen LogP contribution in [0, 0.1) is 11.7 Å². The van der Waals surface area contributed by atoms with Crippen molar-refractivity contribution >= 4 is 21.0 Å². The van der Waals surface area contributed by atoms with Crippen LogP contribution in [-0.2, 0) is 16.4 Å². The first-order valence-electron chi connectivity index (χ1n) is 9.95. The van der Waals surface area contributed by atoms with Crippen LogP contribution in [0.15, 0.2) is 51.9 Å². The molecule has 1 aliphatic rings. The van der Waals surface area contributed by atoms with Crippen molar-refractivity contribution in [2.75, 3.05) is 26.2 Å². The number of nitrogens with zero attached hydrogens (tertiary/aromatic N) is 2. The van der Waals surface area contributed by atoms with Crippen LogP contribution in [0.5, 0.6) is 5.75 Å². The number of aryl methyl sites for hydroxylation is 1. The molecule has 1 fully saturated rings. The van der Waals surface area contributed by atoms with Gasteiger partial charge in [0.25, 0.3) is 0 Å². The van der Waals surface area contributed by atoms with Crippen LogP contribution in [0.25, 0.3) is 11.0 Å². The highest BCUT2D eigenvalue weighted by Gasteiger charge is 2.24. The molecule has 1 atom stereocenters. The lowest BCUT2D eigenvalue weighted by Gasteiger charge is -2.16. The number of aromatic hydroxyl groups is 1. The number of hydrogen-bond acceptors (Lipinski definition) is 6. The summed E-state index contributed by atoms with van der Waals surface area (Å²) in [7, 11) is -3.63. The van der Waals surface area contributed by atoms with Crippen molar-refractivity contribution in [3.63, 3.8) is 0 Å². The maximum Gasteiger partial charge on any atom is 0.240 e. The molecule has 3 aromatic rings. The zero-order chi connectivity index (χ0) is 21.1. The summed E-state index contributed by atoms with van der Waals surface area (Å²) in [5.41, 5.74) is 1.30. The molecule has 1 aromatic heterocycles. The average molecular weight is 434 g/mol. The summed E-state index contributed by atoms with van der Waals surface area (Å²) in [6, 6.07) is 10.1. The number of likely N-dealkylation sites (tertiary alicyclic amines) is 1. The summed E-state index contributed by atoms with van der Waals surface area (Å²) >= 11 is 0. The Labute approximate surface area is 174 Å². The largest absolute Gasteiger partial charge is 0.508 e. The lowest BCUT2D eigenvalue weighted by molar-refractivity contribution is 0.318. The molecular weight excluding hydrogens is 409 g/mol. The number of halogens is 1. The number of aromatic nitrogens is 1. The quantitative estimate of drug-likeness (QED) is 0.567. The smallest absolute Gasteiger partial charge is 0.240 e. The van der Waals surface area contributed by atoms with E-state index in [1.54, 1.807) is 6.07 Å². The number of hydrogen-bond donors (Lipinski definition) is 2. The lowest BCUT2D eigenvalue weighted by Crippen LogP contribution is -2.31. The Morgan fingerprint density at radius 1 is 1.27 bits per heavy atom. The Kier molecular flexibility index (Phi) is 6.03. The van der Waals surface area contributed by atoms with E-state index in [2.05, 4.69) is 14.8 Å². The first-order chi connectivity index (χ1) is 14.4. The zero-order valence-electron chi connectivity index (χ0n) is 16.4. The van der Waals surface area contributed by atoms with Gasteiger partial charge in [0, 0.05) is 24.5 Å². The molecule has 2 aromatic carbocycles. The van der Waals surface area contributed by atoms with Crippen LogP contribution in [0.4, 0.5) is 4.39 Å². The van der Waals surface area contributed by atoms with E-state index in [1.807, 2.05) is 0 Å². The van der Waals surface area contributed by atoms with E-state index in [4.69, 9.17) is 4.52 Å². The molecule has 4 rings (SSSR count). The van der Waals surface area contributed by atoms with E-state index in [0.717, 1.165) is 50.0 Å². The summed E-state index contributed by atoms with van der Waals surface area (Å²) in [6.45, 7) is 3.00. The normalized spacial score (nSPS) is 17.7. The van der Waals surface area contributed by atoms with Crippen molar-refractivity contribution < 1.29 is 22.4 Å². The van der Waals surface area contributed by atoms with E-state index in [1.165, 1.54) is 36.4 Å². The minimum atomic E-state index is -3.63. The molecule has 7 nitrogen and oxygen atoms in total. The molecule has 0 amide bonds. The highest BCUT2D eigenvalue weighted by Crippen LogP contribution is 2.22. The predicted molar refractivity (Wildman–Crippen MR) is 110 cm³/mol. The van der Waals surface area contributed by atoms with Crippen molar-refractivity contribution in [1.29, 1.82) is 0 Å². The zero-order valence-corrected chi connectivity index (χ0v) is 17.2. The third-order valence-corrected chi connectivity index (χ3v) is 6.88. The second-order valence-electron chi connectivity index (χ2n) is 7.68. The number of rotatable bonds is 8. The SMILES string of the molecule is O=S(=O)(NCC1CCN(CCCc2noc3cc(F)ccc23)C1)c1cccc(O)c1. The fraction of sp³-hybridized carbons (Fsp3) is 0.381. The topological polar surface area (TPSA) is 95.7 Å². The fourth-order valence-electron chi connectivity index (χ4n) is 3.86. The molecule has 0 aliphatic carbocycles. The van der Waals surface area contributed by atoms with E-state index in [9.17, 15) is 17.9 Å². The summed E-state index contributed by atoms with van der Waals surface area (Å²) in [5, 5.41) is 14.4. The molecule has 2 heterocycles. The Balaban J connectivity index is 1.24. The van der Waals surface area contributed by atoms with Gasteiger partial charge in [-0.25, -0.2) is 17.5 Å². The van der Waals surface area contributed by atoms with Crippen LogP contribution >= 0.6 is 0 Å². The van der Waals surface area contributed by atoms with Crippen molar-refractivity contribution in [1.82, 2.24) is 14.8 Å². The molecular formula is C21H24FN3O4S. The molecule has 1 unspecified atom stereocenters. The number of phenolic OH excluding ortho intramolecular Hbond substituents is 1. The second-order valence-corrected chi connectivity index (χ2v) is 9.44. The van der Waals surface area contributed by atoms with E-state index < -0.39 is 10.0 Å². The average Bonchev–Trinajstić information content (AvgIpc) is 3.33. The summed E-state index contributed by atoms with van der Waals surface area (Å²) < 4.78 is 45.8. The van der Waals surface area contributed by atoms with Crippen LogP contribution in [-0.4, -0.2) is 49.8 Å². The van der Waals surface area contributed by atoms with Crippen LogP contribution < -0.4 is 4.72 Å². The first kappa shape index (κ1) is 20.8. The molecule has 1 saturated heterocycles. The minimum absolute atomic E-state index is 0.0667. The van der Waals surface area contributed by atoms with Crippen LogP contribution in [0.2, 0.25) is 0 Å².